The average molecular weight is 260 g/mol. The van der Waals surface area contributed by atoms with E-state index in [-0.39, 0.29) is 0 Å². The SMILES string of the molecule is COC(=O)CC#Cc1c(C(F)(F)F)nc[nH]c1=O. The van der Waals surface area contributed by atoms with Gasteiger partial charge in [0, 0.05) is 0 Å². The highest BCUT2D eigenvalue weighted by Gasteiger charge is 2.36. The Morgan fingerprint density at radius 2 is 2.22 bits per heavy atom. The van der Waals surface area contributed by atoms with Crippen molar-refractivity contribution in [3.8, 4) is 11.8 Å². The molecule has 0 radical (unpaired) electrons. The molecule has 1 heterocycles. The van der Waals surface area contributed by atoms with Crippen molar-refractivity contribution in [1.29, 1.82) is 0 Å². The first-order valence-electron chi connectivity index (χ1n) is 4.57. The third-order valence-electron chi connectivity index (χ3n) is 1.80. The zero-order chi connectivity index (χ0) is 13.8. The van der Waals surface area contributed by atoms with Crippen LogP contribution in [0, 0.1) is 11.8 Å². The maximum atomic E-state index is 12.5. The van der Waals surface area contributed by atoms with Crippen LogP contribution in [-0.4, -0.2) is 23.0 Å². The molecule has 1 rings (SSSR count). The Hall–Kier alpha value is -2.30. The average Bonchev–Trinajstić information content (AvgIpc) is 2.29. The van der Waals surface area contributed by atoms with Crippen LogP contribution in [0.5, 0.6) is 0 Å². The van der Waals surface area contributed by atoms with Gasteiger partial charge in [0.2, 0.25) is 0 Å². The third kappa shape index (κ3) is 3.35. The molecule has 18 heavy (non-hydrogen) atoms. The summed E-state index contributed by atoms with van der Waals surface area (Å²) in [6, 6.07) is 0. The molecule has 5 nitrogen and oxygen atoms in total. The quantitative estimate of drug-likeness (QED) is 0.596. The molecule has 0 aliphatic rings. The lowest BCUT2D eigenvalue weighted by molar-refractivity contribution is -0.141. The molecule has 0 amide bonds. The van der Waals surface area contributed by atoms with E-state index < -0.39 is 35.4 Å². The van der Waals surface area contributed by atoms with E-state index >= 15 is 0 Å². The fourth-order valence-corrected chi connectivity index (χ4v) is 1.01. The van der Waals surface area contributed by atoms with Crippen molar-refractivity contribution in [2.45, 2.75) is 12.6 Å². The second-order valence-electron chi connectivity index (χ2n) is 3.01. The first-order chi connectivity index (χ1) is 8.36. The molecule has 0 fully saturated rings. The fraction of sp³-hybridized carbons (Fsp3) is 0.300. The molecule has 1 aromatic rings. The second kappa shape index (κ2) is 5.35. The number of methoxy groups -OCH3 is 1. The fourth-order valence-electron chi connectivity index (χ4n) is 1.01. The van der Waals surface area contributed by atoms with E-state index in [0.717, 1.165) is 7.11 Å². The zero-order valence-corrected chi connectivity index (χ0v) is 9.09. The molecule has 0 aromatic carbocycles. The maximum absolute atomic E-state index is 12.5. The highest BCUT2D eigenvalue weighted by Crippen LogP contribution is 2.28. The molecule has 0 saturated heterocycles. The number of carbonyl (C=O) groups excluding carboxylic acids is 1. The first-order valence-corrected chi connectivity index (χ1v) is 4.57. The van der Waals surface area contributed by atoms with Crippen molar-refractivity contribution >= 4 is 5.97 Å². The molecule has 0 bridgehead atoms. The van der Waals surface area contributed by atoms with Crippen LogP contribution in [0.3, 0.4) is 0 Å². The summed E-state index contributed by atoms with van der Waals surface area (Å²) in [5.41, 5.74) is -3.23. The lowest BCUT2D eigenvalue weighted by Gasteiger charge is -2.05. The summed E-state index contributed by atoms with van der Waals surface area (Å²) in [6.07, 6.45) is -4.57. The number of carbonyl (C=O) groups is 1. The van der Waals surface area contributed by atoms with Crippen LogP contribution in [0.2, 0.25) is 0 Å². The van der Waals surface area contributed by atoms with E-state index in [0.29, 0.717) is 6.33 Å². The predicted molar refractivity (Wildman–Crippen MR) is 53.4 cm³/mol. The highest BCUT2D eigenvalue weighted by atomic mass is 19.4. The number of hydrogen-bond acceptors (Lipinski definition) is 4. The summed E-state index contributed by atoms with van der Waals surface area (Å²) in [7, 11) is 1.11. The molecule has 0 unspecified atom stereocenters. The molecule has 0 saturated carbocycles. The first kappa shape index (κ1) is 13.8. The van der Waals surface area contributed by atoms with Gasteiger partial charge >= 0.3 is 12.1 Å². The molecule has 0 atom stereocenters. The predicted octanol–water partition coefficient (Wildman–Crippen LogP) is 0.703. The molecule has 8 heteroatoms. The molecule has 0 aliphatic heterocycles. The third-order valence-corrected chi connectivity index (χ3v) is 1.80. The largest absolute Gasteiger partial charge is 0.468 e. The summed E-state index contributed by atoms with van der Waals surface area (Å²) in [5.74, 6) is 3.39. The van der Waals surface area contributed by atoms with Crippen LogP contribution >= 0.6 is 0 Å². The maximum Gasteiger partial charge on any atom is 0.434 e. The van der Waals surface area contributed by atoms with Crippen molar-refractivity contribution in [3.05, 3.63) is 27.9 Å². The Balaban J connectivity index is 3.16. The highest BCUT2D eigenvalue weighted by molar-refractivity contribution is 5.72. The van der Waals surface area contributed by atoms with E-state index in [2.05, 4.69) is 15.6 Å². The van der Waals surface area contributed by atoms with Crippen molar-refractivity contribution < 1.29 is 22.7 Å². The van der Waals surface area contributed by atoms with Crippen molar-refractivity contribution in [2.75, 3.05) is 7.11 Å². The standard InChI is InChI=1S/C10H7F3N2O3/c1-18-7(16)4-2-3-6-8(10(11,12)13)14-5-15-9(6)17/h5H,4H2,1H3,(H,14,15,17). The molecule has 0 spiro atoms. The minimum absolute atomic E-state index is 0.415. The van der Waals surface area contributed by atoms with Gasteiger partial charge in [0.15, 0.2) is 5.69 Å². The van der Waals surface area contributed by atoms with Crippen LogP contribution in [0.4, 0.5) is 13.2 Å². The number of halogens is 3. The van der Waals surface area contributed by atoms with Crippen LogP contribution in [-0.2, 0) is 15.7 Å². The Morgan fingerprint density at radius 1 is 1.56 bits per heavy atom. The lowest BCUT2D eigenvalue weighted by atomic mass is 10.2. The van der Waals surface area contributed by atoms with Gasteiger partial charge in [-0.2, -0.15) is 13.2 Å². The topological polar surface area (TPSA) is 72.0 Å². The molecular weight excluding hydrogens is 253 g/mol. The van der Waals surface area contributed by atoms with Crippen LogP contribution < -0.4 is 5.56 Å². The van der Waals surface area contributed by atoms with Crippen LogP contribution in [0.1, 0.15) is 17.7 Å². The zero-order valence-electron chi connectivity index (χ0n) is 9.09. The van der Waals surface area contributed by atoms with Gasteiger partial charge < -0.3 is 9.72 Å². The summed E-state index contributed by atoms with van der Waals surface area (Å²) in [4.78, 5) is 26.9. The summed E-state index contributed by atoms with van der Waals surface area (Å²) in [5, 5.41) is 0. The van der Waals surface area contributed by atoms with Gasteiger partial charge in [-0.05, 0) is 0 Å². The lowest BCUT2D eigenvalue weighted by Crippen LogP contribution is -2.20. The number of nitrogens with one attached hydrogen (secondary N) is 1. The molecular formula is C10H7F3N2O3. The second-order valence-corrected chi connectivity index (χ2v) is 3.01. The van der Waals surface area contributed by atoms with E-state index in [1.54, 1.807) is 0 Å². The van der Waals surface area contributed by atoms with Crippen molar-refractivity contribution in [3.63, 3.8) is 0 Å². The van der Waals surface area contributed by atoms with Gasteiger partial charge in [-0.15, -0.1) is 0 Å². The number of hydrogen-bond donors (Lipinski definition) is 1. The summed E-state index contributed by atoms with van der Waals surface area (Å²) in [6.45, 7) is 0. The normalized spacial score (nSPS) is 10.4. The summed E-state index contributed by atoms with van der Waals surface area (Å²) < 4.78 is 41.8. The number of nitrogens with zero attached hydrogens (tertiary/aromatic N) is 1. The van der Waals surface area contributed by atoms with Gasteiger partial charge in [-0.1, -0.05) is 11.8 Å². The molecule has 96 valence electrons. The van der Waals surface area contributed by atoms with Crippen LogP contribution in [0.15, 0.2) is 11.1 Å². The van der Waals surface area contributed by atoms with Gasteiger partial charge in [0.25, 0.3) is 5.56 Å². The smallest absolute Gasteiger partial charge is 0.434 e. The van der Waals surface area contributed by atoms with E-state index in [9.17, 15) is 22.8 Å². The van der Waals surface area contributed by atoms with E-state index in [1.165, 1.54) is 0 Å². The van der Waals surface area contributed by atoms with E-state index in [4.69, 9.17) is 0 Å². The number of rotatable bonds is 1. The number of alkyl halides is 3. The molecule has 0 aliphatic carbocycles. The van der Waals surface area contributed by atoms with Crippen LogP contribution in [0.25, 0.3) is 0 Å². The Morgan fingerprint density at radius 3 is 2.78 bits per heavy atom. The summed E-state index contributed by atoms with van der Waals surface area (Å²) >= 11 is 0. The van der Waals surface area contributed by atoms with Gasteiger partial charge in [0.05, 0.1) is 13.4 Å². The van der Waals surface area contributed by atoms with Crippen molar-refractivity contribution in [1.82, 2.24) is 9.97 Å². The van der Waals surface area contributed by atoms with Gasteiger partial charge in [-0.25, -0.2) is 4.98 Å². The Bertz CT molecular complexity index is 566. The Kier molecular flexibility index (Phi) is 4.09. The minimum atomic E-state index is -4.79. The number of aromatic amines is 1. The molecule has 1 N–H and O–H groups in total. The van der Waals surface area contributed by atoms with E-state index in [1.807, 2.05) is 10.9 Å². The Labute approximate surface area is 99.0 Å². The monoisotopic (exact) mass is 260 g/mol. The number of H-pyrrole nitrogens is 1. The number of esters is 1. The van der Waals surface area contributed by atoms with Crippen molar-refractivity contribution in [2.24, 2.45) is 0 Å². The number of ether oxygens (including phenoxy) is 1. The molecule has 1 aromatic heterocycles. The van der Waals surface area contributed by atoms with Gasteiger partial charge in [0.1, 0.15) is 12.0 Å². The van der Waals surface area contributed by atoms with Gasteiger partial charge in [-0.3, -0.25) is 9.59 Å². The number of aromatic nitrogens is 2. The minimum Gasteiger partial charge on any atom is -0.468 e.